The van der Waals surface area contributed by atoms with E-state index in [0.717, 1.165) is 26.0 Å². The second kappa shape index (κ2) is 8.27. The monoisotopic (exact) mass is 185 g/mol. The first-order chi connectivity index (χ1) is 6.26. The summed E-state index contributed by atoms with van der Waals surface area (Å²) in [7, 11) is 1.75. The predicted octanol–water partition coefficient (Wildman–Crippen LogP) is 2.21. The third-order valence-electron chi connectivity index (χ3n) is 2.35. The summed E-state index contributed by atoms with van der Waals surface area (Å²) < 4.78 is 5.07. The van der Waals surface area contributed by atoms with Crippen LogP contribution in [-0.4, -0.2) is 26.3 Å². The van der Waals surface area contributed by atoms with Gasteiger partial charge in [-0.05, 0) is 25.3 Å². The average Bonchev–Trinajstić information content (AvgIpc) is 2.14. The molecule has 2 nitrogen and oxygen atoms in total. The van der Waals surface area contributed by atoms with Crippen molar-refractivity contribution in [1.82, 2.24) is 5.32 Å². The molecular formula is C11H23NO. The van der Waals surface area contributed by atoms with Crippen molar-refractivity contribution in [3.63, 3.8) is 0 Å². The van der Waals surface area contributed by atoms with Gasteiger partial charge in [0.25, 0.3) is 0 Å². The number of nitrogens with one attached hydrogen (secondary N) is 1. The van der Waals surface area contributed by atoms with E-state index in [-0.39, 0.29) is 0 Å². The molecular weight excluding hydrogens is 162 g/mol. The Morgan fingerprint density at radius 1 is 1.54 bits per heavy atom. The zero-order chi connectivity index (χ0) is 10.1. The van der Waals surface area contributed by atoms with Gasteiger partial charge in [0.2, 0.25) is 0 Å². The topological polar surface area (TPSA) is 21.3 Å². The SMILES string of the molecule is C=CCC(NCC)C(C)CCOC. The van der Waals surface area contributed by atoms with E-state index < -0.39 is 0 Å². The number of hydrogen-bond acceptors (Lipinski definition) is 2. The smallest absolute Gasteiger partial charge is 0.0465 e. The summed E-state index contributed by atoms with van der Waals surface area (Å²) in [4.78, 5) is 0. The molecule has 0 saturated carbocycles. The molecule has 0 aromatic carbocycles. The number of ether oxygens (including phenoxy) is 1. The van der Waals surface area contributed by atoms with Crippen LogP contribution in [0.3, 0.4) is 0 Å². The zero-order valence-corrected chi connectivity index (χ0v) is 9.18. The van der Waals surface area contributed by atoms with E-state index in [4.69, 9.17) is 4.74 Å². The van der Waals surface area contributed by atoms with E-state index in [1.807, 2.05) is 6.08 Å². The van der Waals surface area contributed by atoms with Crippen LogP contribution in [0, 0.1) is 5.92 Å². The molecule has 0 aliphatic rings. The Bertz CT molecular complexity index is 125. The Morgan fingerprint density at radius 3 is 2.69 bits per heavy atom. The van der Waals surface area contributed by atoms with Gasteiger partial charge in [-0.1, -0.05) is 19.9 Å². The van der Waals surface area contributed by atoms with Gasteiger partial charge in [0, 0.05) is 19.8 Å². The Labute approximate surface area is 82.4 Å². The molecule has 78 valence electrons. The highest BCUT2D eigenvalue weighted by atomic mass is 16.5. The maximum Gasteiger partial charge on any atom is 0.0465 e. The summed E-state index contributed by atoms with van der Waals surface area (Å²) in [6.07, 6.45) is 4.14. The molecule has 2 atom stereocenters. The van der Waals surface area contributed by atoms with Crippen LogP contribution in [0.1, 0.15) is 26.7 Å². The van der Waals surface area contributed by atoms with E-state index in [0.29, 0.717) is 12.0 Å². The van der Waals surface area contributed by atoms with Gasteiger partial charge < -0.3 is 10.1 Å². The van der Waals surface area contributed by atoms with Crippen LogP contribution in [0.4, 0.5) is 0 Å². The molecule has 0 radical (unpaired) electrons. The van der Waals surface area contributed by atoms with E-state index in [9.17, 15) is 0 Å². The highest BCUT2D eigenvalue weighted by molar-refractivity contribution is 4.81. The Hall–Kier alpha value is -0.340. The van der Waals surface area contributed by atoms with E-state index in [2.05, 4.69) is 25.7 Å². The van der Waals surface area contributed by atoms with Crippen molar-refractivity contribution >= 4 is 0 Å². The molecule has 0 heterocycles. The van der Waals surface area contributed by atoms with Gasteiger partial charge in [-0.15, -0.1) is 6.58 Å². The van der Waals surface area contributed by atoms with Crippen LogP contribution in [0.25, 0.3) is 0 Å². The molecule has 0 aromatic heterocycles. The highest BCUT2D eigenvalue weighted by Gasteiger charge is 2.13. The first-order valence-electron chi connectivity index (χ1n) is 5.09. The zero-order valence-electron chi connectivity index (χ0n) is 9.18. The second-order valence-electron chi connectivity index (χ2n) is 3.45. The summed E-state index contributed by atoms with van der Waals surface area (Å²) in [6, 6.07) is 0.553. The van der Waals surface area contributed by atoms with Crippen LogP contribution in [0.15, 0.2) is 12.7 Å². The first kappa shape index (κ1) is 12.7. The minimum absolute atomic E-state index is 0.553. The fourth-order valence-electron chi connectivity index (χ4n) is 1.46. The maximum absolute atomic E-state index is 5.07. The third-order valence-corrected chi connectivity index (χ3v) is 2.35. The fourth-order valence-corrected chi connectivity index (χ4v) is 1.46. The number of hydrogen-bond donors (Lipinski definition) is 1. The van der Waals surface area contributed by atoms with Crippen LogP contribution in [0.2, 0.25) is 0 Å². The quantitative estimate of drug-likeness (QED) is 0.585. The minimum Gasteiger partial charge on any atom is -0.385 e. The summed E-state index contributed by atoms with van der Waals surface area (Å²) in [6.45, 7) is 10.0. The molecule has 2 heteroatoms. The van der Waals surface area contributed by atoms with Crippen molar-refractivity contribution in [3.8, 4) is 0 Å². The second-order valence-corrected chi connectivity index (χ2v) is 3.45. The lowest BCUT2D eigenvalue weighted by molar-refractivity contribution is 0.170. The molecule has 0 fully saturated rings. The molecule has 0 aromatic rings. The van der Waals surface area contributed by atoms with Gasteiger partial charge in [0.15, 0.2) is 0 Å². The number of methoxy groups -OCH3 is 1. The van der Waals surface area contributed by atoms with Crippen LogP contribution in [-0.2, 0) is 4.74 Å². The van der Waals surface area contributed by atoms with Crippen molar-refractivity contribution in [2.75, 3.05) is 20.3 Å². The molecule has 13 heavy (non-hydrogen) atoms. The van der Waals surface area contributed by atoms with E-state index in [1.54, 1.807) is 7.11 Å². The normalized spacial score (nSPS) is 15.3. The highest BCUT2D eigenvalue weighted by Crippen LogP contribution is 2.11. The lowest BCUT2D eigenvalue weighted by Crippen LogP contribution is -2.34. The molecule has 1 N–H and O–H groups in total. The van der Waals surface area contributed by atoms with Crippen LogP contribution >= 0.6 is 0 Å². The Balaban J connectivity index is 3.79. The van der Waals surface area contributed by atoms with Crippen molar-refractivity contribution in [3.05, 3.63) is 12.7 Å². The summed E-state index contributed by atoms with van der Waals surface area (Å²) in [5.41, 5.74) is 0. The van der Waals surface area contributed by atoms with Gasteiger partial charge in [-0.3, -0.25) is 0 Å². The molecule has 0 saturated heterocycles. The summed E-state index contributed by atoms with van der Waals surface area (Å²) in [5, 5.41) is 3.47. The molecule has 0 spiro atoms. The van der Waals surface area contributed by atoms with E-state index in [1.165, 1.54) is 0 Å². The minimum atomic E-state index is 0.553. The molecule has 0 aliphatic carbocycles. The van der Waals surface area contributed by atoms with Crippen LogP contribution in [0.5, 0.6) is 0 Å². The van der Waals surface area contributed by atoms with Gasteiger partial charge in [-0.2, -0.15) is 0 Å². The van der Waals surface area contributed by atoms with Gasteiger partial charge in [0.1, 0.15) is 0 Å². The lowest BCUT2D eigenvalue weighted by atomic mass is 9.96. The maximum atomic E-state index is 5.07. The molecule has 0 aliphatic heterocycles. The molecule has 0 rings (SSSR count). The molecule has 2 unspecified atom stereocenters. The fraction of sp³-hybridized carbons (Fsp3) is 0.818. The average molecular weight is 185 g/mol. The summed E-state index contributed by atoms with van der Waals surface area (Å²) >= 11 is 0. The van der Waals surface area contributed by atoms with Gasteiger partial charge in [-0.25, -0.2) is 0 Å². The van der Waals surface area contributed by atoms with Gasteiger partial charge >= 0.3 is 0 Å². The van der Waals surface area contributed by atoms with Gasteiger partial charge in [0.05, 0.1) is 0 Å². The van der Waals surface area contributed by atoms with Crippen molar-refractivity contribution < 1.29 is 4.74 Å². The van der Waals surface area contributed by atoms with Crippen molar-refractivity contribution in [2.45, 2.75) is 32.7 Å². The predicted molar refractivity (Wildman–Crippen MR) is 57.9 cm³/mol. The lowest BCUT2D eigenvalue weighted by Gasteiger charge is -2.23. The molecule has 0 amide bonds. The molecule has 0 bridgehead atoms. The van der Waals surface area contributed by atoms with Crippen molar-refractivity contribution in [2.24, 2.45) is 5.92 Å². The Kier molecular flexibility index (Phi) is 8.05. The van der Waals surface area contributed by atoms with E-state index >= 15 is 0 Å². The first-order valence-corrected chi connectivity index (χ1v) is 5.09. The third kappa shape index (κ3) is 5.83. The van der Waals surface area contributed by atoms with Crippen molar-refractivity contribution in [1.29, 1.82) is 0 Å². The standard InChI is InChI=1S/C11H23NO/c1-5-7-11(12-6-2)10(3)8-9-13-4/h5,10-12H,1,6-9H2,2-4H3. The van der Waals surface area contributed by atoms with Crippen LogP contribution < -0.4 is 5.32 Å². The summed E-state index contributed by atoms with van der Waals surface area (Å²) in [5.74, 6) is 0.651. The number of rotatable bonds is 8. The Morgan fingerprint density at radius 2 is 2.23 bits per heavy atom. The largest absolute Gasteiger partial charge is 0.385 e.